The summed E-state index contributed by atoms with van der Waals surface area (Å²) < 4.78 is 8.79. The third-order valence-electron chi connectivity index (χ3n) is 1.38. The first kappa shape index (κ1) is 13.2. The first-order valence-corrected chi connectivity index (χ1v) is 4.41. The summed E-state index contributed by atoms with van der Waals surface area (Å²) in [6.07, 6.45) is 0. The molecule has 0 saturated heterocycles. The Morgan fingerprint density at radius 2 is 1.73 bits per heavy atom. The number of aromatic amines is 1. The average Bonchev–Trinajstić information content (AvgIpc) is 2.79. The molecule has 84 valence electrons. The first-order chi connectivity index (χ1) is 7.19. The molecule has 0 fully saturated rings. The molecule has 1 aromatic rings. The van der Waals surface area contributed by atoms with Crippen LogP contribution in [-0.2, 0) is 9.47 Å². The summed E-state index contributed by atoms with van der Waals surface area (Å²) in [5.74, 6) is -1.19. The molecule has 0 amide bonds. The maximum Gasteiger partial charge on any atom is 0.358 e. The second-order valence-corrected chi connectivity index (χ2v) is 2.15. The molecule has 0 aromatic carbocycles. The van der Waals surface area contributed by atoms with E-state index >= 15 is 0 Å². The van der Waals surface area contributed by atoms with Crippen LogP contribution in [0.15, 0.2) is 6.07 Å². The molecule has 0 aliphatic rings. The number of ether oxygens (including phenoxy) is 2. The molecule has 15 heavy (non-hydrogen) atoms. The zero-order chi connectivity index (χ0) is 11.8. The SMILES string of the molecule is CC.COC(=O)c1cc(C(=O)OC)[nH]n1. The van der Waals surface area contributed by atoms with E-state index in [4.69, 9.17) is 0 Å². The van der Waals surface area contributed by atoms with Crippen LogP contribution in [0, 0.1) is 0 Å². The summed E-state index contributed by atoms with van der Waals surface area (Å²) in [6, 6.07) is 1.26. The van der Waals surface area contributed by atoms with E-state index in [1.807, 2.05) is 13.8 Å². The van der Waals surface area contributed by atoms with Gasteiger partial charge in [0, 0.05) is 6.07 Å². The minimum absolute atomic E-state index is 0.0444. The van der Waals surface area contributed by atoms with Crippen LogP contribution in [0.4, 0.5) is 0 Å². The van der Waals surface area contributed by atoms with Crippen LogP contribution >= 0.6 is 0 Å². The van der Waals surface area contributed by atoms with Crippen LogP contribution in [0.25, 0.3) is 0 Å². The lowest BCUT2D eigenvalue weighted by Crippen LogP contribution is -2.01. The van der Waals surface area contributed by atoms with Crippen LogP contribution < -0.4 is 0 Å². The van der Waals surface area contributed by atoms with Gasteiger partial charge in [-0.05, 0) is 0 Å². The van der Waals surface area contributed by atoms with Crippen LogP contribution in [0.2, 0.25) is 0 Å². The van der Waals surface area contributed by atoms with E-state index in [1.165, 1.54) is 20.3 Å². The van der Waals surface area contributed by atoms with Gasteiger partial charge in [0.15, 0.2) is 5.69 Å². The highest BCUT2D eigenvalue weighted by molar-refractivity contribution is 5.92. The lowest BCUT2D eigenvalue weighted by molar-refractivity contribution is 0.0588. The van der Waals surface area contributed by atoms with Crippen molar-refractivity contribution >= 4 is 11.9 Å². The van der Waals surface area contributed by atoms with Crippen molar-refractivity contribution in [3.63, 3.8) is 0 Å². The van der Waals surface area contributed by atoms with Gasteiger partial charge < -0.3 is 9.47 Å². The molecule has 0 spiro atoms. The summed E-state index contributed by atoms with van der Waals surface area (Å²) in [7, 11) is 2.47. The number of nitrogens with zero attached hydrogens (tertiary/aromatic N) is 1. The van der Waals surface area contributed by atoms with Gasteiger partial charge in [0.25, 0.3) is 0 Å². The van der Waals surface area contributed by atoms with Crippen LogP contribution in [-0.4, -0.2) is 36.4 Å². The van der Waals surface area contributed by atoms with Gasteiger partial charge in [0.1, 0.15) is 5.69 Å². The number of rotatable bonds is 2. The Morgan fingerprint density at radius 1 is 1.20 bits per heavy atom. The highest BCUT2D eigenvalue weighted by Crippen LogP contribution is 2.01. The Bertz CT molecular complexity index is 302. The van der Waals surface area contributed by atoms with Crippen LogP contribution in [0.3, 0.4) is 0 Å². The van der Waals surface area contributed by atoms with Crippen molar-refractivity contribution in [3.8, 4) is 0 Å². The summed E-state index contributed by atoms with van der Waals surface area (Å²) in [6.45, 7) is 4.00. The van der Waals surface area contributed by atoms with Gasteiger partial charge >= 0.3 is 11.9 Å². The van der Waals surface area contributed by atoms with Gasteiger partial charge in [-0.15, -0.1) is 0 Å². The zero-order valence-electron chi connectivity index (χ0n) is 9.16. The van der Waals surface area contributed by atoms with Crippen molar-refractivity contribution in [2.24, 2.45) is 0 Å². The van der Waals surface area contributed by atoms with Crippen molar-refractivity contribution in [1.82, 2.24) is 10.2 Å². The third-order valence-corrected chi connectivity index (χ3v) is 1.38. The van der Waals surface area contributed by atoms with Gasteiger partial charge in [0.2, 0.25) is 0 Å². The molecule has 1 aromatic heterocycles. The van der Waals surface area contributed by atoms with Gasteiger partial charge in [-0.1, -0.05) is 13.8 Å². The number of methoxy groups -OCH3 is 2. The standard InChI is InChI=1S/C7H8N2O4.C2H6/c1-12-6(10)4-3-5(9-8-4)7(11)13-2;1-2/h3H,1-2H3,(H,8,9);1-2H3. The molecule has 0 saturated carbocycles. The molecule has 1 N–H and O–H groups in total. The number of aromatic nitrogens is 2. The number of esters is 2. The van der Waals surface area contributed by atoms with E-state index in [0.29, 0.717) is 0 Å². The number of nitrogens with one attached hydrogen (secondary N) is 1. The zero-order valence-corrected chi connectivity index (χ0v) is 9.16. The molecule has 0 unspecified atom stereocenters. The molecule has 6 heteroatoms. The van der Waals surface area contributed by atoms with Gasteiger partial charge in [-0.3, -0.25) is 5.10 Å². The van der Waals surface area contributed by atoms with Crippen LogP contribution in [0.1, 0.15) is 34.8 Å². The Hall–Kier alpha value is -1.85. The largest absolute Gasteiger partial charge is 0.464 e. The predicted octanol–water partition coefficient (Wildman–Crippen LogP) is 1.01. The second kappa shape index (κ2) is 6.58. The molecule has 1 rings (SSSR count). The van der Waals surface area contributed by atoms with Gasteiger partial charge in [-0.25, -0.2) is 9.59 Å². The molecule has 0 bridgehead atoms. The third kappa shape index (κ3) is 3.41. The van der Waals surface area contributed by atoms with E-state index < -0.39 is 11.9 Å². The second-order valence-electron chi connectivity index (χ2n) is 2.15. The first-order valence-electron chi connectivity index (χ1n) is 4.41. The lowest BCUT2D eigenvalue weighted by atomic mass is 10.3. The summed E-state index contributed by atoms with van der Waals surface area (Å²) in [5.41, 5.74) is 0.158. The highest BCUT2D eigenvalue weighted by Gasteiger charge is 2.14. The number of carbonyl (C=O) groups is 2. The topological polar surface area (TPSA) is 81.3 Å². The minimum atomic E-state index is -0.605. The molecule has 0 radical (unpaired) electrons. The van der Waals surface area contributed by atoms with Gasteiger partial charge in [0.05, 0.1) is 14.2 Å². The molecular formula is C9H14N2O4. The Morgan fingerprint density at radius 3 is 2.20 bits per heavy atom. The van der Waals surface area contributed by atoms with E-state index in [9.17, 15) is 9.59 Å². The summed E-state index contributed by atoms with van der Waals surface area (Å²) in [5, 5.41) is 5.90. The predicted molar refractivity (Wildman–Crippen MR) is 52.6 cm³/mol. The van der Waals surface area contributed by atoms with Gasteiger partial charge in [-0.2, -0.15) is 5.10 Å². The van der Waals surface area contributed by atoms with Crippen LogP contribution in [0.5, 0.6) is 0 Å². The molecule has 0 atom stereocenters. The fraction of sp³-hybridized carbons (Fsp3) is 0.444. The molecular weight excluding hydrogens is 200 g/mol. The fourth-order valence-electron chi connectivity index (χ4n) is 0.745. The molecule has 6 nitrogen and oxygen atoms in total. The number of H-pyrrole nitrogens is 1. The van der Waals surface area contributed by atoms with E-state index in [1.54, 1.807) is 0 Å². The van der Waals surface area contributed by atoms with Crippen molar-refractivity contribution in [2.45, 2.75) is 13.8 Å². The van der Waals surface area contributed by atoms with E-state index in [2.05, 4.69) is 19.7 Å². The summed E-state index contributed by atoms with van der Waals surface area (Å²) >= 11 is 0. The van der Waals surface area contributed by atoms with E-state index in [0.717, 1.165) is 0 Å². The van der Waals surface area contributed by atoms with Crippen molar-refractivity contribution in [2.75, 3.05) is 14.2 Å². The minimum Gasteiger partial charge on any atom is -0.464 e. The molecule has 1 heterocycles. The number of carbonyl (C=O) groups excluding carboxylic acids is 2. The Labute approximate surface area is 87.6 Å². The quantitative estimate of drug-likeness (QED) is 0.743. The monoisotopic (exact) mass is 214 g/mol. The van der Waals surface area contributed by atoms with E-state index in [-0.39, 0.29) is 11.4 Å². The smallest absolute Gasteiger partial charge is 0.358 e. The fourth-order valence-corrected chi connectivity index (χ4v) is 0.745. The molecule has 0 aliphatic carbocycles. The van der Waals surface area contributed by atoms with Crippen molar-refractivity contribution < 1.29 is 19.1 Å². The van der Waals surface area contributed by atoms with Crippen molar-refractivity contribution in [3.05, 3.63) is 17.5 Å². The Kier molecular flexibility index (Phi) is 5.77. The average molecular weight is 214 g/mol. The lowest BCUT2D eigenvalue weighted by Gasteiger charge is -1.91. The number of hydrogen-bond donors (Lipinski definition) is 1. The number of hydrogen-bond acceptors (Lipinski definition) is 5. The normalized spacial score (nSPS) is 8.53. The highest BCUT2D eigenvalue weighted by atomic mass is 16.5. The summed E-state index contributed by atoms with van der Waals surface area (Å²) in [4.78, 5) is 21.8. The van der Waals surface area contributed by atoms with Crippen molar-refractivity contribution in [1.29, 1.82) is 0 Å². The Balaban J connectivity index is 0.000000921. The molecule has 0 aliphatic heterocycles. The maximum atomic E-state index is 10.9. The maximum absolute atomic E-state index is 10.9.